The van der Waals surface area contributed by atoms with Crippen molar-refractivity contribution in [1.82, 2.24) is 0 Å². The molecular weight excluding hydrogens is 260 g/mol. The third-order valence-corrected chi connectivity index (χ3v) is 3.43. The molecule has 0 unspecified atom stereocenters. The van der Waals surface area contributed by atoms with Gasteiger partial charge in [0.05, 0.1) is 0 Å². The summed E-state index contributed by atoms with van der Waals surface area (Å²) in [7, 11) is 0. The lowest BCUT2D eigenvalue weighted by Gasteiger charge is -2.01. The normalized spacial score (nSPS) is 12.0. The molecule has 0 atom stereocenters. The Kier molecular flexibility index (Phi) is 15.7. The first-order chi connectivity index (χ1) is 10.3. The molecular formula is C19H32O2. The zero-order valence-electron chi connectivity index (χ0n) is 13.6. The summed E-state index contributed by atoms with van der Waals surface area (Å²) in [6, 6.07) is 0. The van der Waals surface area contributed by atoms with Crippen LogP contribution in [0.1, 0.15) is 77.6 Å². The van der Waals surface area contributed by atoms with Crippen molar-refractivity contribution < 1.29 is 9.90 Å². The first kappa shape index (κ1) is 19.7. The Labute approximate surface area is 130 Å². The molecule has 2 nitrogen and oxygen atoms in total. The van der Waals surface area contributed by atoms with Crippen LogP contribution >= 0.6 is 0 Å². The van der Waals surface area contributed by atoms with Crippen LogP contribution in [0.3, 0.4) is 0 Å². The van der Waals surface area contributed by atoms with Crippen molar-refractivity contribution in [2.45, 2.75) is 77.6 Å². The van der Waals surface area contributed by atoms with Crippen molar-refractivity contribution in [1.29, 1.82) is 0 Å². The van der Waals surface area contributed by atoms with Crippen molar-refractivity contribution in [3.8, 4) is 0 Å². The molecule has 1 N–H and O–H groups in total. The average molecular weight is 292 g/mol. The van der Waals surface area contributed by atoms with E-state index >= 15 is 0 Å². The van der Waals surface area contributed by atoms with Crippen molar-refractivity contribution in [2.24, 2.45) is 0 Å². The maximum atomic E-state index is 10.2. The van der Waals surface area contributed by atoms with Gasteiger partial charge in [-0.3, -0.25) is 0 Å². The number of aliphatic carboxylic acids is 1. The van der Waals surface area contributed by atoms with Gasteiger partial charge >= 0.3 is 5.97 Å². The quantitative estimate of drug-likeness (QED) is 0.240. The van der Waals surface area contributed by atoms with Crippen LogP contribution < -0.4 is 0 Å². The second-order valence-electron chi connectivity index (χ2n) is 5.48. The van der Waals surface area contributed by atoms with E-state index in [9.17, 15) is 4.79 Å². The van der Waals surface area contributed by atoms with Crippen LogP contribution in [0.15, 0.2) is 36.5 Å². The highest BCUT2D eigenvalue weighted by molar-refractivity contribution is 5.80. The first-order valence-corrected chi connectivity index (χ1v) is 8.50. The van der Waals surface area contributed by atoms with Gasteiger partial charge in [-0.15, -0.1) is 0 Å². The summed E-state index contributed by atoms with van der Waals surface area (Å²) in [5.74, 6) is -0.908. The minimum absolute atomic E-state index is 0.908. The number of hydrogen-bond donors (Lipinski definition) is 1. The fourth-order valence-corrected chi connectivity index (χ4v) is 2.19. The van der Waals surface area contributed by atoms with E-state index in [2.05, 4.69) is 13.0 Å². The molecule has 0 spiro atoms. The van der Waals surface area contributed by atoms with E-state index in [1.54, 1.807) is 6.08 Å². The molecule has 0 aliphatic heterocycles. The maximum Gasteiger partial charge on any atom is 0.328 e. The van der Waals surface area contributed by atoms with Gasteiger partial charge in [0, 0.05) is 6.08 Å². The minimum atomic E-state index is -0.908. The Morgan fingerprint density at radius 1 is 0.762 bits per heavy atom. The van der Waals surface area contributed by atoms with Gasteiger partial charge in [0.15, 0.2) is 0 Å². The summed E-state index contributed by atoms with van der Waals surface area (Å²) >= 11 is 0. The van der Waals surface area contributed by atoms with Crippen LogP contribution in [0, 0.1) is 0 Å². The molecule has 0 aliphatic rings. The van der Waals surface area contributed by atoms with Crippen LogP contribution in [0.4, 0.5) is 0 Å². The van der Waals surface area contributed by atoms with Crippen molar-refractivity contribution in [3.05, 3.63) is 36.5 Å². The summed E-state index contributed by atoms with van der Waals surface area (Å²) in [5, 5.41) is 8.39. The molecule has 0 saturated carbocycles. The number of hydrogen-bond acceptors (Lipinski definition) is 1. The highest BCUT2D eigenvalue weighted by Crippen LogP contribution is 2.11. The van der Waals surface area contributed by atoms with Gasteiger partial charge in [0.2, 0.25) is 0 Å². The van der Waals surface area contributed by atoms with Gasteiger partial charge in [-0.1, -0.05) is 95.1 Å². The van der Waals surface area contributed by atoms with Crippen LogP contribution in [0.2, 0.25) is 0 Å². The summed E-state index contributed by atoms with van der Waals surface area (Å²) in [6.07, 6.45) is 25.2. The molecule has 0 radical (unpaired) electrons. The Hall–Kier alpha value is -1.31. The highest BCUT2D eigenvalue weighted by atomic mass is 16.4. The van der Waals surface area contributed by atoms with Gasteiger partial charge in [-0.2, -0.15) is 0 Å². The van der Waals surface area contributed by atoms with Crippen LogP contribution in [-0.2, 0) is 4.79 Å². The lowest BCUT2D eigenvalue weighted by Crippen LogP contribution is -1.84. The standard InChI is InChI=1S/C19H32O2/c1-2-3-4-5-6-7-8-9-10-11-12-13-14-15-16-17-18-19(20)21/h13-18H,2-12H2,1H3,(H,20,21). The molecule has 0 aliphatic carbocycles. The Balaban J connectivity index is 3.23. The molecule has 0 aromatic heterocycles. The smallest absolute Gasteiger partial charge is 0.328 e. The van der Waals surface area contributed by atoms with Crippen LogP contribution in [-0.4, -0.2) is 11.1 Å². The molecule has 0 amide bonds. The van der Waals surface area contributed by atoms with Gasteiger partial charge < -0.3 is 5.11 Å². The second-order valence-corrected chi connectivity index (χ2v) is 5.48. The van der Waals surface area contributed by atoms with E-state index in [1.807, 2.05) is 12.2 Å². The average Bonchev–Trinajstić information content (AvgIpc) is 2.46. The van der Waals surface area contributed by atoms with Crippen molar-refractivity contribution in [3.63, 3.8) is 0 Å². The molecule has 0 aromatic rings. The largest absolute Gasteiger partial charge is 0.478 e. The van der Waals surface area contributed by atoms with E-state index in [4.69, 9.17) is 5.11 Å². The zero-order valence-corrected chi connectivity index (χ0v) is 13.6. The Morgan fingerprint density at radius 3 is 1.86 bits per heavy atom. The minimum Gasteiger partial charge on any atom is -0.478 e. The number of unbranched alkanes of at least 4 members (excludes halogenated alkanes) is 10. The molecule has 21 heavy (non-hydrogen) atoms. The second kappa shape index (κ2) is 16.7. The predicted octanol–water partition coefficient (Wildman–Crippen LogP) is 6.05. The molecule has 0 heterocycles. The third kappa shape index (κ3) is 18.7. The lowest BCUT2D eigenvalue weighted by atomic mass is 10.1. The first-order valence-electron chi connectivity index (χ1n) is 8.50. The van der Waals surface area contributed by atoms with Crippen LogP contribution in [0.5, 0.6) is 0 Å². The van der Waals surface area contributed by atoms with Gasteiger partial charge in [-0.25, -0.2) is 4.79 Å². The van der Waals surface area contributed by atoms with E-state index in [1.165, 1.54) is 70.3 Å². The molecule has 0 fully saturated rings. The van der Waals surface area contributed by atoms with Gasteiger partial charge in [-0.05, 0) is 12.8 Å². The molecule has 0 rings (SSSR count). The van der Waals surface area contributed by atoms with Crippen molar-refractivity contribution >= 4 is 5.97 Å². The van der Waals surface area contributed by atoms with Crippen molar-refractivity contribution in [2.75, 3.05) is 0 Å². The molecule has 120 valence electrons. The fraction of sp³-hybridized carbons (Fsp3) is 0.632. The van der Waals surface area contributed by atoms with Gasteiger partial charge in [0.25, 0.3) is 0 Å². The topological polar surface area (TPSA) is 37.3 Å². The Morgan fingerprint density at radius 2 is 1.29 bits per heavy atom. The number of carbonyl (C=O) groups is 1. The molecule has 0 saturated heterocycles. The summed E-state index contributed by atoms with van der Waals surface area (Å²) in [4.78, 5) is 10.2. The molecule has 2 heteroatoms. The van der Waals surface area contributed by atoms with E-state index in [0.29, 0.717) is 0 Å². The number of rotatable bonds is 14. The van der Waals surface area contributed by atoms with Gasteiger partial charge in [0.1, 0.15) is 0 Å². The lowest BCUT2D eigenvalue weighted by molar-refractivity contribution is -0.131. The Bertz CT molecular complexity index is 314. The summed E-state index contributed by atoms with van der Waals surface area (Å²) < 4.78 is 0. The van der Waals surface area contributed by atoms with Crippen LogP contribution in [0.25, 0.3) is 0 Å². The molecule has 0 bridgehead atoms. The van der Waals surface area contributed by atoms with E-state index < -0.39 is 5.97 Å². The third-order valence-electron chi connectivity index (χ3n) is 3.43. The number of carboxylic acids is 1. The fourth-order valence-electron chi connectivity index (χ4n) is 2.19. The predicted molar refractivity (Wildman–Crippen MR) is 91.5 cm³/mol. The molecule has 0 aromatic carbocycles. The maximum absolute atomic E-state index is 10.2. The van der Waals surface area contributed by atoms with E-state index in [-0.39, 0.29) is 0 Å². The number of carboxylic acid groups (broad SMARTS) is 1. The van der Waals surface area contributed by atoms with E-state index in [0.717, 1.165) is 12.5 Å². The summed E-state index contributed by atoms with van der Waals surface area (Å²) in [5.41, 5.74) is 0. The highest BCUT2D eigenvalue weighted by Gasteiger charge is 1.91. The number of allylic oxidation sites excluding steroid dienone is 5. The zero-order chi connectivity index (χ0) is 15.6. The monoisotopic (exact) mass is 292 g/mol. The summed E-state index contributed by atoms with van der Waals surface area (Å²) in [6.45, 7) is 2.26. The SMILES string of the molecule is CCCCCCCCCCCCC=CC=CC=CC(=O)O.